The fourth-order valence-corrected chi connectivity index (χ4v) is 1.79. The Morgan fingerprint density at radius 1 is 1.21 bits per heavy atom. The van der Waals surface area contributed by atoms with Crippen LogP contribution in [-0.2, 0) is 4.79 Å². The summed E-state index contributed by atoms with van der Waals surface area (Å²) in [6.45, 7) is 4.50. The molecule has 3 amide bonds. The summed E-state index contributed by atoms with van der Waals surface area (Å²) < 4.78 is 0. The van der Waals surface area contributed by atoms with Crippen molar-refractivity contribution in [1.29, 1.82) is 0 Å². The van der Waals surface area contributed by atoms with Gasteiger partial charge in [-0.05, 0) is 38.3 Å². The van der Waals surface area contributed by atoms with Gasteiger partial charge in [-0.25, -0.2) is 4.79 Å². The summed E-state index contributed by atoms with van der Waals surface area (Å²) in [5.41, 5.74) is 8.02. The highest BCUT2D eigenvalue weighted by Crippen LogP contribution is 2.16. The molecule has 0 aliphatic heterocycles. The summed E-state index contributed by atoms with van der Waals surface area (Å²) in [5, 5.41) is 5.38. The van der Waals surface area contributed by atoms with Gasteiger partial charge < -0.3 is 16.4 Å². The maximum atomic E-state index is 11.7. The number of urea groups is 1. The molecule has 5 nitrogen and oxygen atoms in total. The van der Waals surface area contributed by atoms with Crippen molar-refractivity contribution in [2.45, 2.75) is 33.1 Å². The van der Waals surface area contributed by atoms with Crippen molar-refractivity contribution in [1.82, 2.24) is 5.32 Å². The van der Waals surface area contributed by atoms with Crippen molar-refractivity contribution in [3.8, 4) is 0 Å². The Hall–Kier alpha value is -2.04. The maximum absolute atomic E-state index is 11.7. The minimum absolute atomic E-state index is 0.00831. The van der Waals surface area contributed by atoms with Crippen molar-refractivity contribution in [3.05, 3.63) is 29.3 Å². The van der Waals surface area contributed by atoms with Gasteiger partial charge in [0.15, 0.2) is 0 Å². The van der Waals surface area contributed by atoms with E-state index in [1.807, 2.05) is 32.0 Å². The average molecular weight is 263 g/mol. The zero-order valence-corrected chi connectivity index (χ0v) is 11.5. The van der Waals surface area contributed by atoms with Gasteiger partial charge in [0.05, 0.1) is 0 Å². The van der Waals surface area contributed by atoms with Crippen molar-refractivity contribution in [2.75, 3.05) is 11.9 Å². The SMILES string of the molecule is Cc1ccc(NC(=O)CCCCNC(N)=O)c(C)c1. The molecule has 0 spiro atoms. The van der Waals surface area contributed by atoms with Crippen LogP contribution in [0.3, 0.4) is 0 Å². The number of hydrogen-bond donors (Lipinski definition) is 3. The number of aryl methyl sites for hydroxylation is 2. The molecule has 0 aliphatic carbocycles. The third kappa shape index (κ3) is 5.90. The Kier molecular flexibility index (Phi) is 5.85. The number of amides is 3. The molecular formula is C14H21N3O2. The van der Waals surface area contributed by atoms with Crippen molar-refractivity contribution >= 4 is 17.6 Å². The molecular weight excluding hydrogens is 242 g/mol. The predicted octanol–water partition coefficient (Wildman–Crippen LogP) is 2.08. The molecule has 0 saturated heterocycles. The quantitative estimate of drug-likeness (QED) is 0.686. The third-order valence-corrected chi connectivity index (χ3v) is 2.79. The van der Waals surface area contributed by atoms with E-state index >= 15 is 0 Å². The highest BCUT2D eigenvalue weighted by molar-refractivity contribution is 5.91. The summed E-state index contributed by atoms with van der Waals surface area (Å²) in [5.74, 6) is -0.00831. The molecule has 0 aliphatic rings. The first kappa shape index (κ1) is 15.0. The number of hydrogen-bond acceptors (Lipinski definition) is 2. The van der Waals surface area contributed by atoms with Crippen LogP contribution in [0.1, 0.15) is 30.4 Å². The lowest BCUT2D eigenvalue weighted by molar-refractivity contribution is -0.116. The van der Waals surface area contributed by atoms with Gasteiger partial charge in [0, 0.05) is 18.7 Å². The molecule has 0 bridgehead atoms. The minimum Gasteiger partial charge on any atom is -0.352 e. The number of nitrogens with one attached hydrogen (secondary N) is 2. The summed E-state index contributed by atoms with van der Waals surface area (Å²) in [6.07, 6.45) is 1.90. The second-order valence-corrected chi connectivity index (χ2v) is 4.61. The summed E-state index contributed by atoms with van der Waals surface area (Å²) in [6, 6.07) is 5.39. The number of carbonyl (C=O) groups excluding carboxylic acids is 2. The topological polar surface area (TPSA) is 84.2 Å². The lowest BCUT2D eigenvalue weighted by Crippen LogP contribution is -2.30. The Labute approximate surface area is 113 Å². The molecule has 1 rings (SSSR count). The second kappa shape index (κ2) is 7.41. The zero-order chi connectivity index (χ0) is 14.3. The van der Waals surface area contributed by atoms with Crippen LogP contribution in [-0.4, -0.2) is 18.5 Å². The van der Waals surface area contributed by atoms with E-state index in [-0.39, 0.29) is 5.91 Å². The van der Waals surface area contributed by atoms with Gasteiger partial charge in [-0.1, -0.05) is 17.7 Å². The van der Waals surface area contributed by atoms with Crippen LogP contribution in [0.2, 0.25) is 0 Å². The van der Waals surface area contributed by atoms with Crippen LogP contribution in [0.5, 0.6) is 0 Å². The minimum atomic E-state index is -0.528. The lowest BCUT2D eigenvalue weighted by Gasteiger charge is -2.09. The predicted molar refractivity (Wildman–Crippen MR) is 76.0 cm³/mol. The van der Waals surface area contributed by atoms with E-state index in [0.717, 1.165) is 24.1 Å². The van der Waals surface area contributed by atoms with Crippen LogP contribution >= 0.6 is 0 Å². The van der Waals surface area contributed by atoms with Gasteiger partial charge in [0.25, 0.3) is 0 Å². The number of primary amides is 1. The first-order chi connectivity index (χ1) is 8.99. The molecule has 0 saturated carbocycles. The van der Waals surface area contributed by atoms with Crippen molar-refractivity contribution in [2.24, 2.45) is 5.73 Å². The molecule has 0 unspecified atom stereocenters. The highest BCUT2D eigenvalue weighted by Gasteiger charge is 2.04. The van der Waals surface area contributed by atoms with Gasteiger partial charge in [-0.15, -0.1) is 0 Å². The standard InChI is InChI=1S/C14H21N3O2/c1-10-6-7-12(11(2)9-10)17-13(18)5-3-4-8-16-14(15)19/h6-7,9H,3-5,8H2,1-2H3,(H,17,18)(H3,15,16,19). The van der Waals surface area contributed by atoms with Gasteiger partial charge in [0.1, 0.15) is 0 Å². The highest BCUT2D eigenvalue weighted by atomic mass is 16.2. The molecule has 0 radical (unpaired) electrons. The Morgan fingerprint density at radius 3 is 2.58 bits per heavy atom. The largest absolute Gasteiger partial charge is 0.352 e. The normalized spacial score (nSPS) is 10.0. The number of nitrogens with two attached hydrogens (primary N) is 1. The van der Waals surface area contributed by atoms with E-state index < -0.39 is 6.03 Å². The fourth-order valence-electron chi connectivity index (χ4n) is 1.79. The van der Waals surface area contributed by atoms with Crippen LogP contribution in [0.4, 0.5) is 10.5 Å². The Balaban J connectivity index is 2.29. The van der Waals surface area contributed by atoms with Gasteiger partial charge in [-0.3, -0.25) is 4.79 Å². The van der Waals surface area contributed by atoms with Crippen molar-refractivity contribution < 1.29 is 9.59 Å². The van der Waals surface area contributed by atoms with Gasteiger partial charge >= 0.3 is 6.03 Å². The summed E-state index contributed by atoms with van der Waals surface area (Å²) >= 11 is 0. The van der Waals surface area contributed by atoms with E-state index in [0.29, 0.717) is 13.0 Å². The number of carbonyl (C=O) groups is 2. The fraction of sp³-hybridized carbons (Fsp3) is 0.429. The van der Waals surface area contributed by atoms with Crippen molar-refractivity contribution in [3.63, 3.8) is 0 Å². The van der Waals surface area contributed by atoms with Crippen LogP contribution in [0, 0.1) is 13.8 Å². The van der Waals surface area contributed by atoms with E-state index in [2.05, 4.69) is 10.6 Å². The van der Waals surface area contributed by atoms with E-state index in [4.69, 9.17) is 5.73 Å². The van der Waals surface area contributed by atoms with Crippen LogP contribution in [0.25, 0.3) is 0 Å². The lowest BCUT2D eigenvalue weighted by atomic mass is 10.1. The number of unbranched alkanes of at least 4 members (excludes halogenated alkanes) is 1. The molecule has 0 heterocycles. The van der Waals surface area contributed by atoms with Crippen LogP contribution in [0.15, 0.2) is 18.2 Å². The van der Waals surface area contributed by atoms with E-state index in [1.54, 1.807) is 0 Å². The third-order valence-electron chi connectivity index (χ3n) is 2.79. The first-order valence-corrected chi connectivity index (χ1v) is 6.39. The maximum Gasteiger partial charge on any atom is 0.312 e. The smallest absolute Gasteiger partial charge is 0.312 e. The first-order valence-electron chi connectivity index (χ1n) is 6.39. The monoisotopic (exact) mass is 263 g/mol. The molecule has 4 N–H and O–H groups in total. The number of anilines is 1. The van der Waals surface area contributed by atoms with E-state index in [9.17, 15) is 9.59 Å². The molecule has 0 atom stereocenters. The summed E-state index contributed by atoms with van der Waals surface area (Å²) in [4.78, 5) is 22.2. The second-order valence-electron chi connectivity index (χ2n) is 4.61. The Morgan fingerprint density at radius 2 is 1.95 bits per heavy atom. The number of benzene rings is 1. The molecule has 1 aromatic rings. The van der Waals surface area contributed by atoms with Gasteiger partial charge in [-0.2, -0.15) is 0 Å². The summed E-state index contributed by atoms with van der Waals surface area (Å²) in [7, 11) is 0. The average Bonchev–Trinajstić information content (AvgIpc) is 2.32. The molecule has 0 fully saturated rings. The molecule has 5 heteroatoms. The van der Waals surface area contributed by atoms with Crippen LogP contribution < -0.4 is 16.4 Å². The molecule has 19 heavy (non-hydrogen) atoms. The molecule has 0 aromatic heterocycles. The van der Waals surface area contributed by atoms with E-state index in [1.165, 1.54) is 5.56 Å². The zero-order valence-electron chi connectivity index (χ0n) is 11.5. The Bertz CT molecular complexity index is 458. The molecule has 104 valence electrons. The van der Waals surface area contributed by atoms with Gasteiger partial charge in [0.2, 0.25) is 5.91 Å². The molecule has 1 aromatic carbocycles. The number of rotatable bonds is 6.